The standard InChI is InChI=1S/C16H17NO5/c1-16(2,3)22-15(20)17-13(19)10(8-18)12-9-6-4-5-7-11(9)21-14(12)17/h4-8,12,14,18H,1-3H3/b10-8+. The van der Waals surface area contributed by atoms with Gasteiger partial charge in [-0.1, -0.05) is 18.2 Å². The first-order valence-corrected chi connectivity index (χ1v) is 7.00. The van der Waals surface area contributed by atoms with Crippen molar-refractivity contribution in [3.63, 3.8) is 0 Å². The van der Waals surface area contributed by atoms with Gasteiger partial charge >= 0.3 is 6.09 Å². The number of hydrogen-bond donors (Lipinski definition) is 1. The molecule has 0 radical (unpaired) electrons. The number of fused-ring (bicyclic) bond motifs is 3. The third kappa shape index (κ3) is 2.11. The van der Waals surface area contributed by atoms with Gasteiger partial charge in [-0.15, -0.1) is 0 Å². The highest BCUT2D eigenvalue weighted by Gasteiger charge is 2.55. The highest BCUT2D eigenvalue weighted by Crippen LogP contribution is 2.48. The minimum absolute atomic E-state index is 0.126. The Hall–Kier alpha value is -2.50. The summed E-state index contributed by atoms with van der Waals surface area (Å²) in [6.45, 7) is 5.15. The number of amides is 2. The van der Waals surface area contributed by atoms with Crippen molar-refractivity contribution in [2.75, 3.05) is 0 Å². The van der Waals surface area contributed by atoms with E-state index in [0.29, 0.717) is 5.75 Å². The number of benzene rings is 1. The second-order valence-corrected chi connectivity index (χ2v) is 6.26. The van der Waals surface area contributed by atoms with Crippen LogP contribution in [0.2, 0.25) is 0 Å². The number of carbonyl (C=O) groups is 2. The summed E-state index contributed by atoms with van der Waals surface area (Å²) < 4.78 is 11.0. The largest absolute Gasteiger partial charge is 0.515 e. The summed E-state index contributed by atoms with van der Waals surface area (Å²) in [6, 6.07) is 7.21. The number of aliphatic hydroxyl groups is 1. The van der Waals surface area contributed by atoms with Gasteiger partial charge in [0, 0.05) is 5.56 Å². The van der Waals surface area contributed by atoms with Crippen molar-refractivity contribution in [2.24, 2.45) is 0 Å². The van der Waals surface area contributed by atoms with Crippen LogP contribution in [-0.4, -0.2) is 33.8 Å². The molecule has 6 nitrogen and oxygen atoms in total. The average molecular weight is 303 g/mol. The Kier molecular flexibility index (Phi) is 3.12. The monoisotopic (exact) mass is 303 g/mol. The number of likely N-dealkylation sites (tertiary alicyclic amines) is 1. The molecule has 6 heteroatoms. The lowest BCUT2D eigenvalue weighted by atomic mass is 9.94. The number of hydrogen-bond acceptors (Lipinski definition) is 5. The van der Waals surface area contributed by atoms with Crippen molar-refractivity contribution in [3.05, 3.63) is 41.7 Å². The summed E-state index contributed by atoms with van der Waals surface area (Å²) in [4.78, 5) is 25.7. The van der Waals surface area contributed by atoms with E-state index < -0.39 is 29.7 Å². The first-order valence-electron chi connectivity index (χ1n) is 7.00. The van der Waals surface area contributed by atoms with E-state index in [2.05, 4.69) is 0 Å². The molecule has 1 aromatic carbocycles. The van der Waals surface area contributed by atoms with E-state index in [4.69, 9.17) is 9.47 Å². The van der Waals surface area contributed by atoms with Crippen molar-refractivity contribution in [3.8, 4) is 5.75 Å². The molecule has 2 atom stereocenters. The zero-order valence-electron chi connectivity index (χ0n) is 12.6. The van der Waals surface area contributed by atoms with E-state index in [1.807, 2.05) is 18.2 Å². The molecule has 1 fully saturated rings. The normalized spacial score (nSPS) is 25.0. The predicted octanol–water partition coefficient (Wildman–Crippen LogP) is 2.71. The van der Waals surface area contributed by atoms with E-state index in [9.17, 15) is 14.7 Å². The number of rotatable bonds is 0. The van der Waals surface area contributed by atoms with Crippen LogP contribution in [0.15, 0.2) is 36.1 Å². The minimum atomic E-state index is -0.821. The number of aliphatic hydroxyl groups excluding tert-OH is 1. The van der Waals surface area contributed by atoms with Crippen LogP contribution in [0.5, 0.6) is 5.75 Å². The van der Waals surface area contributed by atoms with Crippen molar-refractivity contribution in [2.45, 2.75) is 38.5 Å². The Bertz CT molecular complexity index is 673. The summed E-state index contributed by atoms with van der Waals surface area (Å²) in [6.07, 6.45) is -0.856. The minimum Gasteiger partial charge on any atom is -0.515 e. The van der Waals surface area contributed by atoms with Crippen LogP contribution < -0.4 is 4.74 Å². The molecule has 1 aromatic rings. The molecular weight excluding hydrogens is 286 g/mol. The Morgan fingerprint density at radius 1 is 1.36 bits per heavy atom. The molecule has 0 aliphatic carbocycles. The van der Waals surface area contributed by atoms with Gasteiger partial charge in [0.1, 0.15) is 11.4 Å². The molecule has 2 aliphatic heterocycles. The number of nitrogens with zero attached hydrogens (tertiary/aromatic N) is 1. The average Bonchev–Trinajstić information content (AvgIpc) is 2.89. The van der Waals surface area contributed by atoms with E-state index in [1.165, 1.54) is 0 Å². The highest BCUT2D eigenvalue weighted by atomic mass is 16.6. The summed E-state index contributed by atoms with van der Waals surface area (Å²) in [5.41, 5.74) is 0.164. The predicted molar refractivity (Wildman–Crippen MR) is 77.4 cm³/mol. The van der Waals surface area contributed by atoms with Crippen LogP contribution in [-0.2, 0) is 9.53 Å². The molecule has 3 rings (SSSR count). The van der Waals surface area contributed by atoms with Gasteiger partial charge in [-0.05, 0) is 26.8 Å². The molecule has 116 valence electrons. The summed E-state index contributed by atoms with van der Waals surface area (Å²) in [5.74, 6) is -0.500. The molecule has 0 aromatic heterocycles. The topological polar surface area (TPSA) is 76.1 Å². The Morgan fingerprint density at radius 3 is 2.68 bits per heavy atom. The van der Waals surface area contributed by atoms with Crippen LogP contribution in [0.1, 0.15) is 32.3 Å². The first-order chi connectivity index (χ1) is 10.3. The molecule has 2 amide bonds. The third-order valence-corrected chi connectivity index (χ3v) is 3.57. The Labute approximate surface area is 127 Å². The number of imide groups is 1. The summed E-state index contributed by atoms with van der Waals surface area (Å²) in [5, 5.41) is 9.42. The van der Waals surface area contributed by atoms with Crippen LogP contribution in [0.25, 0.3) is 0 Å². The van der Waals surface area contributed by atoms with Gasteiger partial charge in [-0.25, -0.2) is 9.69 Å². The molecule has 22 heavy (non-hydrogen) atoms. The van der Waals surface area contributed by atoms with Crippen molar-refractivity contribution < 1.29 is 24.2 Å². The smallest absolute Gasteiger partial charge is 0.420 e. The van der Waals surface area contributed by atoms with Crippen LogP contribution in [0.3, 0.4) is 0 Å². The van der Waals surface area contributed by atoms with Gasteiger partial charge in [0.2, 0.25) is 0 Å². The lowest BCUT2D eigenvalue weighted by Crippen LogP contribution is -2.44. The molecule has 2 heterocycles. The maximum Gasteiger partial charge on any atom is 0.420 e. The highest BCUT2D eigenvalue weighted by molar-refractivity contribution is 6.06. The van der Waals surface area contributed by atoms with Gasteiger partial charge in [-0.3, -0.25) is 4.79 Å². The maximum atomic E-state index is 12.4. The number of carbonyl (C=O) groups excluding carboxylic acids is 2. The van der Waals surface area contributed by atoms with Crippen LogP contribution >= 0.6 is 0 Å². The van der Waals surface area contributed by atoms with Crippen LogP contribution in [0.4, 0.5) is 4.79 Å². The van der Waals surface area contributed by atoms with Gasteiger partial charge in [-0.2, -0.15) is 0 Å². The summed E-state index contributed by atoms with van der Waals surface area (Å²) in [7, 11) is 0. The molecule has 1 N–H and O–H groups in total. The zero-order chi connectivity index (χ0) is 16.1. The Balaban J connectivity index is 1.99. The first kappa shape index (κ1) is 14.4. The lowest BCUT2D eigenvalue weighted by Gasteiger charge is -2.26. The maximum absolute atomic E-state index is 12.4. The molecule has 0 saturated carbocycles. The number of para-hydroxylation sites is 1. The van der Waals surface area contributed by atoms with Gasteiger partial charge in [0.05, 0.1) is 17.8 Å². The van der Waals surface area contributed by atoms with Crippen molar-refractivity contribution >= 4 is 12.0 Å². The molecule has 2 aliphatic rings. The van der Waals surface area contributed by atoms with E-state index in [-0.39, 0.29) is 5.57 Å². The quantitative estimate of drug-likeness (QED) is 0.589. The van der Waals surface area contributed by atoms with E-state index in [0.717, 1.165) is 16.7 Å². The van der Waals surface area contributed by atoms with Gasteiger partial charge in [0.25, 0.3) is 5.91 Å². The third-order valence-electron chi connectivity index (χ3n) is 3.57. The van der Waals surface area contributed by atoms with Crippen molar-refractivity contribution in [1.29, 1.82) is 0 Å². The van der Waals surface area contributed by atoms with Crippen molar-refractivity contribution in [1.82, 2.24) is 4.90 Å². The fourth-order valence-electron chi connectivity index (χ4n) is 2.74. The molecule has 0 bridgehead atoms. The molecule has 1 saturated heterocycles. The van der Waals surface area contributed by atoms with Gasteiger partial charge < -0.3 is 14.6 Å². The second kappa shape index (κ2) is 4.76. The summed E-state index contributed by atoms with van der Waals surface area (Å²) >= 11 is 0. The van der Waals surface area contributed by atoms with E-state index >= 15 is 0 Å². The molecule has 0 spiro atoms. The molecule has 2 unspecified atom stereocenters. The second-order valence-electron chi connectivity index (χ2n) is 6.26. The lowest BCUT2D eigenvalue weighted by molar-refractivity contribution is -0.128. The van der Waals surface area contributed by atoms with Crippen LogP contribution in [0, 0.1) is 0 Å². The SMILES string of the molecule is CC(C)(C)OC(=O)N1C(=O)/C(=C/O)C2c3ccccc3OC21. The fraction of sp³-hybridized carbons (Fsp3) is 0.375. The zero-order valence-corrected chi connectivity index (χ0v) is 12.6. The fourth-order valence-corrected chi connectivity index (χ4v) is 2.74. The molecular formula is C16H17NO5. The Morgan fingerprint density at radius 2 is 2.05 bits per heavy atom. The van der Waals surface area contributed by atoms with E-state index in [1.54, 1.807) is 26.8 Å². The number of ether oxygens (including phenoxy) is 2. The van der Waals surface area contributed by atoms with Gasteiger partial charge in [0.15, 0.2) is 6.23 Å².